The largest absolute Gasteiger partial charge is 0.573 e. The lowest BCUT2D eigenvalue weighted by Crippen LogP contribution is -2.17. The summed E-state index contributed by atoms with van der Waals surface area (Å²) in [6.45, 7) is 0.130. The van der Waals surface area contributed by atoms with Gasteiger partial charge in [-0.3, -0.25) is 0 Å². The highest BCUT2D eigenvalue weighted by molar-refractivity contribution is 5.53. The van der Waals surface area contributed by atoms with E-state index in [2.05, 4.69) is 4.74 Å². The smallest absolute Gasteiger partial charge is 0.508 e. The Morgan fingerprint density at radius 1 is 0.903 bits per heavy atom. The highest BCUT2D eigenvalue weighted by Crippen LogP contribution is 2.30. The molecule has 0 aliphatic rings. The van der Waals surface area contributed by atoms with E-state index in [-0.39, 0.29) is 18.1 Å². The van der Waals surface area contributed by atoms with Crippen LogP contribution in [0.2, 0.25) is 0 Å². The molecule has 0 aromatic heterocycles. The highest BCUT2D eigenvalue weighted by Gasteiger charge is 2.30. The van der Waals surface area contributed by atoms with Crippen molar-refractivity contribution >= 4 is 6.08 Å². The van der Waals surface area contributed by atoms with Gasteiger partial charge in [-0.1, -0.05) is 42.5 Å². The number of aromatic hydroxyl groups is 1. The highest BCUT2D eigenvalue weighted by atomic mass is 19.4. The number of halogens is 3. The molecule has 0 aliphatic heterocycles. The van der Waals surface area contributed by atoms with E-state index in [1.165, 1.54) is 24.3 Å². The number of phenolic OH excluding ortho intramolecular Hbond substituents is 1. The van der Waals surface area contributed by atoms with Gasteiger partial charge in [0.05, 0.1) is 7.11 Å². The van der Waals surface area contributed by atoms with E-state index >= 15 is 0 Å². The Morgan fingerprint density at radius 3 is 2.23 bits per heavy atom. The summed E-state index contributed by atoms with van der Waals surface area (Å²) >= 11 is 0. The number of hydrogen-bond acceptors (Lipinski definition) is 4. The van der Waals surface area contributed by atoms with Gasteiger partial charge < -0.3 is 19.3 Å². The second-order valence-corrected chi connectivity index (χ2v) is 6.61. The fraction of sp³-hybridized carbons (Fsp3) is 0.167. The minimum absolute atomic E-state index is 0.103. The van der Waals surface area contributed by atoms with Gasteiger partial charge in [-0.15, -0.1) is 13.2 Å². The molecule has 7 heteroatoms. The van der Waals surface area contributed by atoms with E-state index in [0.29, 0.717) is 23.3 Å². The Balaban J connectivity index is 1.64. The molecule has 0 spiro atoms. The fourth-order valence-electron chi connectivity index (χ4n) is 2.87. The number of rotatable bonds is 8. The summed E-state index contributed by atoms with van der Waals surface area (Å²) in [6.07, 6.45) is -0.456. The van der Waals surface area contributed by atoms with Crippen molar-refractivity contribution in [2.24, 2.45) is 0 Å². The van der Waals surface area contributed by atoms with Crippen molar-refractivity contribution in [2.45, 2.75) is 19.4 Å². The molecule has 0 unspecified atom stereocenters. The van der Waals surface area contributed by atoms with Gasteiger partial charge in [0, 0.05) is 5.56 Å². The van der Waals surface area contributed by atoms with Crippen LogP contribution in [0.5, 0.6) is 23.0 Å². The number of allylic oxidation sites excluding steroid dienone is 1. The van der Waals surface area contributed by atoms with Gasteiger partial charge in [-0.25, -0.2) is 0 Å². The van der Waals surface area contributed by atoms with Crippen LogP contribution in [-0.2, 0) is 13.0 Å². The van der Waals surface area contributed by atoms with Crippen LogP contribution < -0.4 is 14.2 Å². The molecule has 0 heterocycles. The monoisotopic (exact) mass is 430 g/mol. The van der Waals surface area contributed by atoms with Crippen molar-refractivity contribution in [1.29, 1.82) is 0 Å². The van der Waals surface area contributed by atoms with Crippen molar-refractivity contribution in [2.75, 3.05) is 7.11 Å². The third kappa shape index (κ3) is 6.70. The molecule has 0 saturated heterocycles. The van der Waals surface area contributed by atoms with Crippen LogP contribution in [0.15, 0.2) is 72.8 Å². The first kappa shape index (κ1) is 22.1. The molecule has 0 fully saturated rings. The van der Waals surface area contributed by atoms with Gasteiger partial charge in [0.25, 0.3) is 0 Å². The minimum atomic E-state index is -4.73. The Morgan fingerprint density at radius 2 is 1.58 bits per heavy atom. The summed E-state index contributed by atoms with van der Waals surface area (Å²) in [6, 6.07) is 18.0. The first-order valence-corrected chi connectivity index (χ1v) is 9.43. The van der Waals surface area contributed by atoms with Crippen molar-refractivity contribution < 1.29 is 32.5 Å². The van der Waals surface area contributed by atoms with Crippen molar-refractivity contribution in [3.05, 3.63) is 89.5 Å². The predicted octanol–water partition coefficient (Wildman–Crippen LogP) is 6.13. The molecule has 4 nitrogen and oxygen atoms in total. The van der Waals surface area contributed by atoms with Crippen LogP contribution in [0.3, 0.4) is 0 Å². The summed E-state index contributed by atoms with van der Waals surface area (Å²) in [7, 11) is 1.61. The first-order chi connectivity index (χ1) is 14.8. The number of methoxy groups -OCH3 is 1. The van der Waals surface area contributed by atoms with Crippen molar-refractivity contribution in [1.82, 2.24) is 0 Å². The molecule has 0 saturated carbocycles. The van der Waals surface area contributed by atoms with E-state index in [1.807, 2.05) is 36.4 Å². The van der Waals surface area contributed by atoms with Gasteiger partial charge in [0.1, 0.15) is 29.6 Å². The molecule has 0 aliphatic carbocycles. The van der Waals surface area contributed by atoms with Gasteiger partial charge in [-0.05, 0) is 53.9 Å². The summed E-state index contributed by atoms with van der Waals surface area (Å²) in [4.78, 5) is 0. The normalized spacial score (nSPS) is 11.5. The average Bonchev–Trinajstić information content (AvgIpc) is 2.74. The Bertz CT molecular complexity index is 1010. The lowest BCUT2D eigenvalue weighted by molar-refractivity contribution is -0.274. The van der Waals surface area contributed by atoms with E-state index in [4.69, 9.17) is 9.47 Å². The zero-order valence-corrected chi connectivity index (χ0v) is 16.7. The van der Waals surface area contributed by atoms with E-state index in [0.717, 1.165) is 11.3 Å². The molecular formula is C24H21F3O4. The molecule has 162 valence electrons. The molecule has 1 N–H and O–H groups in total. The van der Waals surface area contributed by atoms with E-state index in [9.17, 15) is 18.3 Å². The second kappa shape index (κ2) is 9.93. The molecule has 0 amide bonds. The third-order valence-corrected chi connectivity index (χ3v) is 4.41. The predicted molar refractivity (Wildman–Crippen MR) is 111 cm³/mol. The summed E-state index contributed by atoms with van der Waals surface area (Å²) in [5, 5.41) is 10.2. The maximum atomic E-state index is 12.3. The zero-order chi connectivity index (χ0) is 22.3. The molecule has 0 bridgehead atoms. The summed E-state index contributed by atoms with van der Waals surface area (Å²) < 4.78 is 51.6. The molecular weight excluding hydrogens is 409 g/mol. The topological polar surface area (TPSA) is 47.9 Å². The second-order valence-electron chi connectivity index (χ2n) is 6.61. The molecule has 3 aromatic carbocycles. The van der Waals surface area contributed by atoms with E-state index < -0.39 is 6.36 Å². The van der Waals surface area contributed by atoms with Crippen LogP contribution in [0.1, 0.15) is 16.7 Å². The SMILES string of the molecule is COc1ccc(/C=C/Cc2c(O)cccc2OCc2ccc(OC(F)(F)F)cc2)cc1. The first-order valence-electron chi connectivity index (χ1n) is 9.43. The maximum absolute atomic E-state index is 12.3. The molecule has 3 rings (SSSR count). The number of phenols is 1. The number of alkyl halides is 3. The van der Waals surface area contributed by atoms with Gasteiger partial charge in [-0.2, -0.15) is 0 Å². The minimum Gasteiger partial charge on any atom is -0.508 e. The molecule has 3 aromatic rings. The van der Waals surface area contributed by atoms with Crippen LogP contribution in [-0.4, -0.2) is 18.6 Å². The zero-order valence-electron chi connectivity index (χ0n) is 16.7. The average molecular weight is 430 g/mol. The van der Waals surface area contributed by atoms with Gasteiger partial charge >= 0.3 is 6.36 Å². The fourth-order valence-corrected chi connectivity index (χ4v) is 2.87. The quantitative estimate of drug-likeness (QED) is 0.467. The van der Waals surface area contributed by atoms with Crippen LogP contribution in [0.4, 0.5) is 13.2 Å². The Labute approximate surface area is 178 Å². The summed E-state index contributed by atoms with van der Waals surface area (Å²) in [5.41, 5.74) is 2.27. The van der Waals surface area contributed by atoms with Gasteiger partial charge in [0.2, 0.25) is 0 Å². The van der Waals surface area contributed by atoms with Crippen LogP contribution in [0, 0.1) is 0 Å². The van der Waals surface area contributed by atoms with Crippen molar-refractivity contribution in [3.8, 4) is 23.0 Å². The van der Waals surface area contributed by atoms with Crippen LogP contribution in [0.25, 0.3) is 6.08 Å². The van der Waals surface area contributed by atoms with Crippen LogP contribution >= 0.6 is 0 Å². The number of benzene rings is 3. The Kier molecular flexibility index (Phi) is 7.07. The maximum Gasteiger partial charge on any atom is 0.573 e. The summed E-state index contributed by atoms with van der Waals surface area (Å²) in [5.74, 6) is 1.07. The molecule has 31 heavy (non-hydrogen) atoms. The number of ether oxygens (including phenoxy) is 3. The molecule has 0 atom stereocenters. The standard InChI is InChI=1S/C24H21F3O4/c1-29-19-12-8-17(9-13-19)4-2-5-21-22(28)6-3-7-23(21)30-16-18-10-14-20(15-11-18)31-24(25,26)27/h2-4,6-15,28H,5,16H2,1H3/b4-2+. The Hall–Kier alpha value is -3.61. The third-order valence-electron chi connectivity index (χ3n) is 4.41. The van der Waals surface area contributed by atoms with Gasteiger partial charge in [0.15, 0.2) is 0 Å². The molecule has 0 radical (unpaired) electrons. The lowest BCUT2D eigenvalue weighted by atomic mass is 10.1. The number of hydrogen-bond donors (Lipinski definition) is 1. The lowest BCUT2D eigenvalue weighted by Gasteiger charge is -2.13. The van der Waals surface area contributed by atoms with Crippen molar-refractivity contribution in [3.63, 3.8) is 0 Å². The van der Waals surface area contributed by atoms with E-state index in [1.54, 1.807) is 25.3 Å².